The normalized spacial score (nSPS) is 11.2. The van der Waals surface area contributed by atoms with Crippen molar-refractivity contribution in [3.63, 3.8) is 0 Å². The molecule has 1 N–H and O–H groups in total. The summed E-state index contributed by atoms with van der Waals surface area (Å²) in [7, 11) is 0. The van der Waals surface area contributed by atoms with Gasteiger partial charge in [0.25, 0.3) is 0 Å². The molecule has 7 rings (SSSR count). The van der Waals surface area contributed by atoms with Crippen LogP contribution in [0.5, 0.6) is 5.75 Å². The highest BCUT2D eigenvalue weighted by molar-refractivity contribution is 9.10. The zero-order valence-corrected chi connectivity index (χ0v) is 22.6. The highest BCUT2D eigenvalue weighted by atomic mass is 79.9. The summed E-state index contributed by atoms with van der Waals surface area (Å²) in [6.45, 7) is 0. The van der Waals surface area contributed by atoms with E-state index < -0.39 is 0 Å². The molecule has 3 heterocycles. The van der Waals surface area contributed by atoms with Crippen LogP contribution >= 0.6 is 31.9 Å². The summed E-state index contributed by atoms with van der Waals surface area (Å²) in [6.07, 6.45) is 0. The molecule has 3 aromatic heterocycles. The summed E-state index contributed by atoms with van der Waals surface area (Å²) in [5.41, 5.74) is 2.73. The highest BCUT2D eigenvalue weighted by Gasteiger charge is 2.15. The second-order valence-electron chi connectivity index (χ2n) is 8.46. The summed E-state index contributed by atoms with van der Waals surface area (Å²) in [4.78, 5) is 24.4. The Morgan fingerprint density at radius 3 is 1.97 bits per heavy atom. The van der Waals surface area contributed by atoms with E-state index in [2.05, 4.69) is 31.9 Å². The van der Waals surface area contributed by atoms with Gasteiger partial charge in [-0.15, -0.1) is 0 Å². The van der Waals surface area contributed by atoms with Crippen molar-refractivity contribution in [2.45, 2.75) is 0 Å². The number of para-hydroxylation sites is 2. The molecule has 7 aromatic rings. The summed E-state index contributed by atoms with van der Waals surface area (Å²) < 4.78 is 18.8. The maximum Gasteiger partial charge on any atom is 0.235 e. The lowest BCUT2D eigenvalue weighted by Crippen LogP contribution is -1.99. The van der Waals surface area contributed by atoms with E-state index in [4.69, 9.17) is 13.3 Å². The quantitative estimate of drug-likeness (QED) is 0.196. The lowest BCUT2D eigenvalue weighted by molar-refractivity contribution is 0.474. The van der Waals surface area contributed by atoms with Gasteiger partial charge in [0, 0.05) is 15.0 Å². The third-order valence-corrected chi connectivity index (χ3v) is 7.00. The Labute approximate surface area is 231 Å². The van der Waals surface area contributed by atoms with Crippen molar-refractivity contribution in [3.05, 3.63) is 120 Å². The lowest BCUT2D eigenvalue weighted by Gasteiger charge is -2.05. The van der Waals surface area contributed by atoms with Gasteiger partial charge in [0.15, 0.2) is 11.0 Å². The Kier molecular flexibility index (Phi) is 6.13. The van der Waals surface area contributed by atoms with Crippen LogP contribution < -0.4 is 10.9 Å². The van der Waals surface area contributed by atoms with Crippen LogP contribution in [0.3, 0.4) is 0 Å². The molecule has 0 unspecified atom stereocenters. The molecule has 8 heteroatoms. The van der Waals surface area contributed by atoms with E-state index in [0.29, 0.717) is 44.4 Å². The fourth-order valence-electron chi connectivity index (χ4n) is 4.22. The van der Waals surface area contributed by atoms with Gasteiger partial charge >= 0.3 is 0 Å². The average molecular weight is 632 g/mol. The van der Waals surface area contributed by atoms with Crippen LogP contribution in [0.4, 0.5) is 0 Å². The number of phenols is 1. The minimum Gasteiger partial charge on any atom is -0.507 e. The van der Waals surface area contributed by atoms with Gasteiger partial charge in [0.2, 0.25) is 11.0 Å². The summed E-state index contributed by atoms with van der Waals surface area (Å²) >= 11 is 6.65. The van der Waals surface area contributed by atoms with Gasteiger partial charge in [-0.05, 0) is 60.7 Å². The predicted molar refractivity (Wildman–Crippen MR) is 155 cm³/mol. The van der Waals surface area contributed by atoms with Crippen molar-refractivity contribution in [2.75, 3.05) is 0 Å². The van der Waals surface area contributed by atoms with E-state index in [1.54, 1.807) is 54.6 Å². The van der Waals surface area contributed by atoms with Crippen LogP contribution in [0.1, 0.15) is 0 Å². The van der Waals surface area contributed by atoms with Crippen LogP contribution in [-0.4, -0.2) is 5.11 Å². The molecule has 0 aliphatic rings. The van der Waals surface area contributed by atoms with Crippen LogP contribution in [-0.2, 0) is 0 Å². The summed E-state index contributed by atoms with van der Waals surface area (Å²) in [6, 6.07) is 26.3. The van der Waals surface area contributed by atoms with E-state index in [1.165, 1.54) is 6.07 Å². The van der Waals surface area contributed by atoms with Crippen LogP contribution in [0, 0.1) is 0 Å². The molecule has 0 aliphatic heterocycles. The summed E-state index contributed by atoms with van der Waals surface area (Å²) in [5, 5.41) is 11.8. The number of fused-ring (bicyclic) bond motifs is 5. The van der Waals surface area contributed by atoms with Crippen LogP contribution in [0.2, 0.25) is 0 Å². The minimum atomic E-state index is -0.135. The maximum absolute atomic E-state index is 12.4. The second-order valence-corrected chi connectivity index (χ2v) is 10.3. The van der Waals surface area contributed by atoms with E-state index >= 15 is 0 Å². The summed E-state index contributed by atoms with van der Waals surface area (Å²) in [5.74, 6) is 0.418. The van der Waals surface area contributed by atoms with Crippen LogP contribution in [0.25, 0.3) is 55.4 Å². The highest BCUT2D eigenvalue weighted by Crippen LogP contribution is 2.33. The molecular weight excluding hydrogens is 616 g/mol. The van der Waals surface area contributed by atoms with Gasteiger partial charge in [0.1, 0.15) is 28.3 Å². The number of hydrogen-bond acceptors (Lipinski definition) is 6. The monoisotopic (exact) mass is 630 g/mol. The van der Waals surface area contributed by atoms with Gasteiger partial charge in [-0.1, -0.05) is 56.1 Å². The first kappa shape index (κ1) is 24.2. The number of hydrogen-bond donors (Lipinski definition) is 1. The maximum atomic E-state index is 12.4. The van der Waals surface area contributed by atoms with Crippen molar-refractivity contribution >= 4 is 75.9 Å². The van der Waals surface area contributed by atoms with Gasteiger partial charge in [-0.3, -0.25) is 9.59 Å². The molecule has 38 heavy (non-hydrogen) atoms. The number of halogens is 2. The number of furan rings is 1. The molecule has 0 radical (unpaired) electrons. The van der Waals surface area contributed by atoms with E-state index in [0.717, 1.165) is 14.3 Å². The Bertz CT molecular complexity index is 2120. The van der Waals surface area contributed by atoms with Gasteiger partial charge in [-0.2, -0.15) is 0 Å². The molecule has 0 fully saturated rings. The van der Waals surface area contributed by atoms with E-state index in [9.17, 15) is 14.7 Å². The van der Waals surface area contributed by atoms with Crippen molar-refractivity contribution in [1.82, 2.24) is 0 Å². The van der Waals surface area contributed by atoms with Crippen molar-refractivity contribution in [1.29, 1.82) is 0 Å². The molecule has 0 bridgehead atoms. The molecule has 186 valence electrons. The Hall–Kier alpha value is -4.14. The third-order valence-electron chi connectivity index (χ3n) is 6.02. The number of aromatic hydroxyl groups is 1. The lowest BCUT2D eigenvalue weighted by atomic mass is 10.1. The fraction of sp³-hybridized carbons (Fsp3) is 0. The molecule has 0 aliphatic carbocycles. The van der Waals surface area contributed by atoms with Gasteiger partial charge in [-0.25, -0.2) is 0 Å². The van der Waals surface area contributed by atoms with Crippen LogP contribution in [0.15, 0.2) is 123 Å². The number of phenolic OH excluding ortho intramolecular Hbond substituents is 1. The Balaban J connectivity index is 0.000000139. The van der Waals surface area contributed by atoms with E-state index in [-0.39, 0.29) is 22.2 Å². The second kappa shape index (κ2) is 9.63. The smallest absolute Gasteiger partial charge is 0.235 e. The van der Waals surface area contributed by atoms with Crippen molar-refractivity contribution in [2.24, 2.45) is 0 Å². The van der Waals surface area contributed by atoms with E-state index in [1.807, 2.05) is 30.3 Å². The molecule has 0 saturated carbocycles. The molecule has 0 spiro atoms. The standard InChI is InChI=1S/C15H7BrO3.C15H9BrO3/c16-8-5-6-10-12(7-8)19-15-13(17)9-3-1-2-4-11(9)18-14(10)15;16-9-5-6-11(12(17)7-9)15-8-13(18)10-3-1-2-4-14(10)19-15/h1-7H;1-8,17H. The molecule has 0 atom stereocenters. The first-order valence-corrected chi connectivity index (χ1v) is 13.0. The SMILES string of the molecule is O=c1c2ccccc2oc2c1oc1cc(Br)ccc12.O=c1cc(-c2ccc(Br)cc2O)oc2ccccc12. The first-order valence-electron chi connectivity index (χ1n) is 11.4. The first-order chi connectivity index (χ1) is 18.4. The topological polar surface area (TPSA) is 93.8 Å². The minimum absolute atomic E-state index is 0.0628. The fourth-order valence-corrected chi connectivity index (χ4v) is 4.91. The van der Waals surface area contributed by atoms with Crippen molar-refractivity contribution < 1.29 is 18.4 Å². The molecular formula is C30H16Br2O6. The van der Waals surface area contributed by atoms with Gasteiger partial charge in [0.05, 0.1) is 21.7 Å². The molecule has 0 amide bonds. The average Bonchev–Trinajstić information content (AvgIpc) is 3.27. The third kappa shape index (κ3) is 4.31. The zero-order chi connectivity index (χ0) is 26.4. The Morgan fingerprint density at radius 2 is 1.21 bits per heavy atom. The molecule has 6 nitrogen and oxygen atoms in total. The van der Waals surface area contributed by atoms with Gasteiger partial charge < -0.3 is 18.4 Å². The largest absolute Gasteiger partial charge is 0.507 e. The molecule has 4 aromatic carbocycles. The van der Waals surface area contributed by atoms with Crippen molar-refractivity contribution in [3.8, 4) is 17.1 Å². The number of rotatable bonds is 1. The Morgan fingerprint density at radius 1 is 0.579 bits per heavy atom. The predicted octanol–water partition coefficient (Wildman–Crippen LogP) is 8.38. The molecule has 0 saturated heterocycles. The zero-order valence-electron chi connectivity index (χ0n) is 19.4. The number of benzene rings is 4.